The van der Waals surface area contributed by atoms with E-state index in [0.717, 1.165) is 5.54 Å². The molecule has 0 N–H and O–H groups in total. The van der Waals surface area contributed by atoms with Gasteiger partial charge in [-0.25, -0.2) is 0 Å². The molecule has 0 spiro atoms. The molecule has 4 rings (SSSR count). The van der Waals surface area contributed by atoms with Gasteiger partial charge in [0.05, 0.1) is 0 Å². The van der Waals surface area contributed by atoms with Gasteiger partial charge in [-0.1, -0.05) is 116 Å². The van der Waals surface area contributed by atoms with Gasteiger partial charge in [0, 0.05) is 5.04 Å². The van der Waals surface area contributed by atoms with Crippen molar-refractivity contribution in [2.45, 2.75) is 70.4 Å². The summed E-state index contributed by atoms with van der Waals surface area (Å²) in [5, 5.41) is 3.18. The van der Waals surface area contributed by atoms with Crippen LogP contribution in [-0.4, -0.2) is 8.07 Å². The van der Waals surface area contributed by atoms with Crippen LogP contribution in [0.25, 0.3) is 0 Å². The van der Waals surface area contributed by atoms with Gasteiger partial charge in [0.1, 0.15) is 8.07 Å². The van der Waals surface area contributed by atoms with Gasteiger partial charge in [0.2, 0.25) is 0 Å². The second-order valence-corrected chi connectivity index (χ2v) is 13.6. The van der Waals surface area contributed by atoms with Crippen molar-refractivity contribution >= 4 is 18.4 Å². The van der Waals surface area contributed by atoms with Gasteiger partial charge in [-0.3, -0.25) is 0 Å². The third-order valence-electron chi connectivity index (χ3n) is 7.78. The van der Waals surface area contributed by atoms with E-state index < -0.39 is 8.07 Å². The van der Waals surface area contributed by atoms with E-state index in [4.69, 9.17) is 0 Å². The van der Waals surface area contributed by atoms with Crippen LogP contribution >= 0.6 is 0 Å². The monoisotopic (exact) mass is 385 g/mol. The van der Waals surface area contributed by atoms with Crippen molar-refractivity contribution in [1.29, 1.82) is 0 Å². The van der Waals surface area contributed by atoms with Crippen molar-refractivity contribution in [2.75, 3.05) is 0 Å². The van der Waals surface area contributed by atoms with Gasteiger partial charge in [0.25, 0.3) is 0 Å². The Morgan fingerprint density at radius 3 is 1.71 bits per heavy atom. The van der Waals surface area contributed by atoms with Gasteiger partial charge >= 0.3 is 0 Å². The number of hydrogen-bond donors (Lipinski definition) is 0. The molecule has 1 radical (unpaired) electrons. The Balaban J connectivity index is 2.08. The van der Waals surface area contributed by atoms with Crippen molar-refractivity contribution in [2.24, 2.45) is 0 Å². The molecule has 0 aliphatic heterocycles. The summed E-state index contributed by atoms with van der Waals surface area (Å²) in [6, 6.07) is 23.1. The summed E-state index contributed by atoms with van der Waals surface area (Å²) >= 11 is 0. The minimum absolute atomic E-state index is 0.00583. The van der Waals surface area contributed by atoms with Crippen LogP contribution in [0.5, 0.6) is 0 Å². The van der Waals surface area contributed by atoms with Crippen LogP contribution in [0.4, 0.5) is 0 Å². The molecule has 1 heteroatoms. The van der Waals surface area contributed by atoms with E-state index >= 15 is 0 Å². The average molecular weight is 386 g/mol. The Bertz CT molecular complexity index is 845. The first-order valence-corrected chi connectivity index (χ1v) is 13.0. The van der Waals surface area contributed by atoms with Gasteiger partial charge in [-0.15, -0.1) is 0 Å². The maximum Gasteiger partial charge on any atom is 0.135 e. The third-order valence-corrected chi connectivity index (χ3v) is 14.1. The second kappa shape index (κ2) is 7.52. The van der Waals surface area contributed by atoms with Crippen LogP contribution in [-0.2, 0) is 0 Å². The van der Waals surface area contributed by atoms with E-state index in [1.165, 1.54) is 43.3 Å². The quantitative estimate of drug-likeness (QED) is 0.531. The summed E-state index contributed by atoms with van der Waals surface area (Å²) in [6.07, 6.45) is 10.9. The van der Waals surface area contributed by atoms with Gasteiger partial charge < -0.3 is 0 Å². The molecular formula is C27H33Si. The van der Waals surface area contributed by atoms with Gasteiger partial charge in [-0.2, -0.15) is 0 Å². The van der Waals surface area contributed by atoms with Crippen molar-refractivity contribution in [3.8, 4) is 0 Å². The highest BCUT2D eigenvalue weighted by Gasteiger charge is 2.58. The molecular weight excluding hydrogens is 352 g/mol. The summed E-state index contributed by atoms with van der Waals surface area (Å²) in [4.78, 5) is 0. The smallest absolute Gasteiger partial charge is 0.0625 e. The van der Waals surface area contributed by atoms with E-state index in [9.17, 15) is 0 Å². The Hall–Kier alpha value is -1.86. The normalized spacial score (nSPS) is 23.8. The molecule has 0 heterocycles. The lowest BCUT2D eigenvalue weighted by Gasteiger charge is -2.52. The van der Waals surface area contributed by atoms with Crippen LogP contribution < -0.4 is 10.4 Å². The molecule has 1 unspecified atom stereocenters. The molecule has 2 aromatic rings. The third kappa shape index (κ3) is 2.78. The molecule has 2 aliphatic rings. The minimum Gasteiger partial charge on any atom is -0.0625 e. The lowest BCUT2D eigenvalue weighted by Crippen LogP contribution is -2.68. The highest BCUT2D eigenvalue weighted by Crippen LogP contribution is 2.58. The molecule has 0 saturated heterocycles. The number of hydrogen-bond acceptors (Lipinski definition) is 0. The molecule has 0 nitrogen and oxygen atoms in total. The maximum atomic E-state index is 4.07. The Kier molecular flexibility index (Phi) is 5.22. The molecule has 0 aromatic heterocycles. The molecule has 0 bridgehead atoms. The Morgan fingerprint density at radius 1 is 0.786 bits per heavy atom. The van der Waals surface area contributed by atoms with E-state index in [-0.39, 0.29) is 5.04 Å². The largest absolute Gasteiger partial charge is 0.135 e. The number of allylic oxidation sites excluding steroid dienone is 4. The lowest BCUT2D eigenvalue weighted by molar-refractivity contribution is 0.488. The molecule has 1 saturated carbocycles. The van der Waals surface area contributed by atoms with Crippen molar-refractivity contribution in [1.82, 2.24) is 0 Å². The SMILES string of the molecule is CC1=[C]C(C)([Si](c2ccccc2)(c2ccccc2)C2CCCCC2)C(C)=C1C. The maximum absolute atomic E-state index is 4.07. The van der Waals surface area contributed by atoms with Crippen molar-refractivity contribution < 1.29 is 0 Å². The van der Waals surface area contributed by atoms with E-state index in [2.05, 4.69) is 94.4 Å². The molecule has 0 amide bonds. The number of benzene rings is 2. The Morgan fingerprint density at radius 2 is 1.29 bits per heavy atom. The summed E-state index contributed by atoms with van der Waals surface area (Å²) in [5.41, 5.74) is 5.13. The molecule has 1 fully saturated rings. The first kappa shape index (κ1) is 19.5. The van der Waals surface area contributed by atoms with E-state index in [1.807, 2.05) is 0 Å². The molecule has 145 valence electrons. The highest BCUT2D eigenvalue weighted by atomic mass is 28.3. The fraction of sp³-hybridized carbons (Fsp3) is 0.407. The molecule has 2 aromatic carbocycles. The fourth-order valence-electron chi connectivity index (χ4n) is 6.17. The van der Waals surface area contributed by atoms with Crippen LogP contribution in [0.2, 0.25) is 10.6 Å². The van der Waals surface area contributed by atoms with Crippen LogP contribution in [0.15, 0.2) is 77.4 Å². The zero-order valence-corrected chi connectivity index (χ0v) is 18.9. The second-order valence-electron chi connectivity index (χ2n) is 9.00. The van der Waals surface area contributed by atoms with Gasteiger partial charge in [-0.05, 0) is 43.5 Å². The molecule has 1 atom stereocenters. The molecule has 2 aliphatic carbocycles. The summed E-state index contributed by atoms with van der Waals surface area (Å²) < 4.78 is 0. The first-order chi connectivity index (χ1) is 13.5. The first-order valence-electron chi connectivity index (χ1n) is 10.9. The zero-order valence-electron chi connectivity index (χ0n) is 17.9. The topological polar surface area (TPSA) is 0 Å². The minimum atomic E-state index is -2.17. The van der Waals surface area contributed by atoms with Crippen LogP contribution in [0.3, 0.4) is 0 Å². The predicted octanol–water partition coefficient (Wildman–Crippen LogP) is 6.44. The van der Waals surface area contributed by atoms with Crippen molar-refractivity contribution in [3.63, 3.8) is 0 Å². The summed E-state index contributed by atoms with van der Waals surface area (Å²) in [6.45, 7) is 9.47. The fourth-order valence-corrected chi connectivity index (χ4v) is 13.3. The summed E-state index contributed by atoms with van der Waals surface area (Å²) in [7, 11) is -2.17. The van der Waals surface area contributed by atoms with Gasteiger partial charge in [0.15, 0.2) is 0 Å². The van der Waals surface area contributed by atoms with E-state index in [1.54, 1.807) is 15.9 Å². The lowest BCUT2D eigenvalue weighted by atomic mass is 10.00. The van der Waals surface area contributed by atoms with E-state index in [0.29, 0.717) is 0 Å². The Labute approximate surface area is 172 Å². The average Bonchev–Trinajstić information content (AvgIpc) is 2.94. The summed E-state index contributed by atoms with van der Waals surface area (Å²) in [5.74, 6) is 0. The standard InChI is InChI=1S/C27H33Si/c1-21-20-27(4,23(3)22(21)2)28(24-14-8-5-9-15-24,25-16-10-6-11-17-25)26-18-12-7-13-19-26/h5-6,8-11,14-17,26H,7,12-13,18-19H2,1-4H3. The van der Waals surface area contributed by atoms with Crippen LogP contribution in [0, 0.1) is 6.08 Å². The molecule has 28 heavy (non-hydrogen) atoms. The zero-order chi connectivity index (χ0) is 19.8. The highest BCUT2D eigenvalue weighted by molar-refractivity contribution is 7.06. The van der Waals surface area contributed by atoms with Crippen LogP contribution in [0.1, 0.15) is 59.8 Å². The van der Waals surface area contributed by atoms with Crippen molar-refractivity contribution in [3.05, 3.63) is 83.5 Å². The number of rotatable bonds is 4. The predicted molar refractivity (Wildman–Crippen MR) is 124 cm³/mol.